The number of hydrogen-bond donors (Lipinski definition) is 1. The van der Waals surface area contributed by atoms with Crippen molar-refractivity contribution in [2.24, 2.45) is 10.8 Å². The third-order valence-electron chi connectivity index (χ3n) is 5.52. The highest BCUT2D eigenvalue weighted by atomic mass is 16.1. The second kappa shape index (κ2) is 6.98. The van der Waals surface area contributed by atoms with Gasteiger partial charge in [0.15, 0.2) is 11.2 Å². The number of hydrogen-bond acceptors (Lipinski definition) is 2. The maximum atomic E-state index is 13.2. The van der Waals surface area contributed by atoms with Gasteiger partial charge in [-0.05, 0) is 65.2 Å². The molecule has 0 saturated carbocycles. The Bertz CT molecular complexity index is 1120. The molecule has 2 aromatic rings. The van der Waals surface area contributed by atoms with E-state index < -0.39 is 0 Å². The Morgan fingerprint density at radius 2 is 1.41 bits per heavy atom. The van der Waals surface area contributed by atoms with Crippen LogP contribution in [0.15, 0.2) is 52.0 Å². The van der Waals surface area contributed by atoms with Crippen molar-refractivity contribution in [3.63, 3.8) is 0 Å². The summed E-state index contributed by atoms with van der Waals surface area (Å²) in [5.41, 5.74) is 5.91. The van der Waals surface area contributed by atoms with Gasteiger partial charge < -0.3 is 4.98 Å². The summed E-state index contributed by atoms with van der Waals surface area (Å²) in [5, 5.41) is 0.700. The first-order valence-electron chi connectivity index (χ1n) is 10.1. The van der Waals surface area contributed by atoms with Crippen molar-refractivity contribution in [1.82, 2.24) is 4.98 Å². The Hall–Kier alpha value is -2.68. The summed E-state index contributed by atoms with van der Waals surface area (Å²) in [5.74, 6) is 0.116. The summed E-state index contributed by atoms with van der Waals surface area (Å²) >= 11 is 0. The normalized spacial score (nSPS) is 15.4. The largest absolute Gasteiger partial charge is 0.361 e. The first kappa shape index (κ1) is 21.0. The number of carbonyl (C=O) groups is 1. The zero-order chi connectivity index (χ0) is 21.7. The van der Waals surface area contributed by atoms with E-state index in [1.807, 2.05) is 26.0 Å². The lowest BCUT2D eigenvalue weighted by atomic mass is 9.71. The number of fused-ring (bicyclic) bond motifs is 1. The molecule has 152 valence electrons. The van der Waals surface area contributed by atoms with Crippen LogP contribution in [0, 0.1) is 24.7 Å². The lowest BCUT2D eigenvalue weighted by Gasteiger charge is -2.31. The van der Waals surface area contributed by atoms with Gasteiger partial charge in [0.1, 0.15) is 0 Å². The number of carbonyl (C=O) groups excluding carboxylic acids is 1. The Labute approximate surface area is 173 Å². The van der Waals surface area contributed by atoms with Crippen LogP contribution in [0.3, 0.4) is 0 Å². The van der Waals surface area contributed by atoms with Gasteiger partial charge in [0.05, 0.1) is 10.9 Å². The number of benzene rings is 1. The lowest BCUT2D eigenvalue weighted by Crippen LogP contribution is -2.27. The average Bonchev–Trinajstić information content (AvgIpc) is 2.58. The van der Waals surface area contributed by atoms with Gasteiger partial charge in [-0.1, -0.05) is 47.6 Å². The molecule has 3 rings (SSSR count). The van der Waals surface area contributed by atoms with Crippen molar-refractivity contribution >= 4 is 22.8 Å². The molecule has 1 aliphatic rings. The SMILES string of the molecule is Cc1cc(C)c2[nH]ccc(=O)c2c1C=C1C=C(C(C)(C)C)C(=O)C(C(C)(C)C)=C1. The third kappa shape index (κ3) is 3.91. The Morgan fingerprint density at radius 1 is 0.862 bits per heavy atom. The Kier molecular flexibility index (Phi) is 5.06. The molecule has 1 N–H and O–H groups in total. The molecule has 0 unspecified atom stereocenters. The molecule has 1 aliphatic carbocycles. The van der Waals surface area contributed by atoms with Crippen LogP contribution >= 0.6 is 0 Å². The van der Waals surface area contributed by atoms with E-state index in [-0.39, 0.29) is 22.0 Å². The molecule has 3 nitrogen and oxygen atoms in total. The van der Waals surface area contributed by atoms with E-state index in [1.54, 1.807) is 12.3 Å². The van der Waals surface area contributed by atoms with E-state index in [0.717, 1.165) is 38.9 Å². The van der Waals surface area contributed by atoms with Crippen LogP contribution in [0.5, 0.6) is 0 Å². The predicted octanol–water partition coefficient (Wildman–Crippen LogP) is 6.06. The zero-order valence-corrected chi connectivity index (χ0v) is 18.8. The first-order chi connectivity index (χ1) is 13.3. The zero-order valence-electron chi connectivity index (χ0n) is 18.8. The van der Waals surface area contributed by atoms with Crippen molar-refractivity contribution in [2.75, 3.05) is 0 Å². The number of H-pyrrole nitrogens is 1. The number of aryl methyl sites for hydroxylation is 2. The highest BCUT2D eigenvalue weighted by Crippen LogP contribution is 2.39. The molecule has 29 heavy (non-hydrogen) atoms. The van der Waals surface area contributed by atoms with Gasteiger partial charge in [-0.3, -0.25) is 9.59 Å². The van der Waals surface area contributed by atoms with E-state index in [2.05, 4.69) is 58.7 Å². The number of allylic oxidation sites excluding steroid dienone is 5. The standard InChI is InChI=1S/C26H31NO2/c1-15-11-16(2)23-22(21(28)9-10-27-23)18(15)12-17-13-19(25(3,4)5)24(29)20(14-17)26(6,7)8/h9-14H,1-8H3,(H,27,28). The highest BCUT2D eigenvalue weighted by molar-refractivity contribution is 6.12. The lowest BCUT2D eigenvalue weighted by molar-refractivity contribution is -0.114. The number of aromatic nitrogens is 1. The Morgan fingerprint density at radius 3 is 1.93 bits per heavy atom. The number of rotatable bonds is 1. The first-order valence-corrected chi connectivity index (χ1v) is 10.1. The number of aromatic amines is 1. The number of ketones is 1. The fourth-order valence-electron chi connectivity index (χ4n) is 3.93. The third-order valence-corrected chi connectivity index (χ3v) is 5.52. The average molecular weight is 390 g/mol. The summed E-state index contributed by atoms with van der Waals surface area (Å²) < 4.78 is 0. The molecular weight excluding hydrogens is 358 g/mol. The van der Waals surface area contributed by atoms with Crippen LogP contribution in [-0.2, 0) is 4.79 Å². The van der Waals surface area contributed by atoms with Crippen LogP contribution in [0.1, 0.15) is 58.2 Å². The van der Waals surface area contributed by atoms with E-state index >= 15 is 0 Å². The second-order valence-corrected chi connectivity index (χ2v) is 10.1. The number of nitrogens with one attached hydrogen (secondary N) is 1. The van der Waals surface area contributed by atoms with Crippen LogP contribution in [0.4, 0.5) is 0 Å². The van der Waals surface area contributed by atoms with Gasteiger partial charge in [0, 0.05) is 23.4 Å². The van der Waals surface area contributed by atoms with Gasteiger partial charge in [0.2, 0.25) is 0 Å². The van der Waals surface area contributed by atoms with Gasteiger partial charge in [-0.15, -0.1) is 0 Å². The smallest absolute Gasteiger partial charge is 0.189 e. The van der Waals surface area contributed by atoms with Crippen LogP contribution in [0.2, 0.25) is 0 Å². The van der Waals surface area contributed by atoms with Crippen molar-refractivity contribution < 1.29 is 4.79 Å². The van der Waals surface area contributed by atoms with Crippen molar-refractivity contribution in [3.05, 3.63) is 74.1 Å². The molecule has 3 heteroatoms. The van der Waals surface area contributed by atoms with E-state index in [1.165, 1.54) is 0 Å². The summed E-state index contributed by atoms with van der Waals surface area (Å²) in [4.78, 5) is 29.1. The van der Waals surface area contributed by atoms with E-state index in [4.69, 9.17) is 0 Å². The summed E-state index contributed by atoms with van der Waals surface area (Å²) in [6.07, 6.45) is 7.72. The van der Waals surface area contributed by atoms with Crippen LogP contribution < -0.4 is 5.43 Å². The minimum Gasteiger partial charge on any atom is -0.361 e. The molecule has 0 saturated heterocycles. The predicted molar refractivity (Wildman–Crippen MR) is 122 cm³/mol. The molecule has 1 aromatic heterocycles. The number of pyridine rings is 1. The highest BCUT2D eigenvalue weighted by Gasteiger charge is 2.34. The second-order valence-electron chi connectivity index (χ2n) is 10.1. The summed E-state index contributed by atoms with van der Waals surface area (Å²) in [6, 6.07) is 3.67. The van der Waals surface area contributed by atoms with Gasteiger partial charge in [-0.2, -0.15) is 0 Å². The number of Topliss-reactive ketones (excluding diaryl/α,β-unsaturated/α-hetero) is 1. The van der Waals surface area contributed by atoms with Crippen molar-refractivity contribution in [1.29, 1.82) is 0 Å². The topological polar surface area (TPSA) is 49.9 Å². The fourth-order valence-corrected chi connectivity index (χ4v) is 3.93. The van der Waals surface area contributed by atoms with Crippen molar-refractivity contribution in [3.8, 4) is 0 Å². The van der Waals surface area contributed by atoms with Crippen molar-refractivity contribution in [2.45, 2.75) is 55.4 Å². The minimum absolute atomic E-state index is 0.00401. The molecular formula is C26H31NO2. The monoisotopic (exact) mass is 389 g/mol. The molecule has 0 spiro atoms. The molecule has 0 bridgehead atoms. The van der Waals surface area contributed by atoms with Crippen LogP contribution in [-0.4, -0.2) is 10.8 Å². The fraction of sp³-hybridized carbons (Fsp3) is 0.385. The molecule has 1 aromatic carbocycles. The molecule has 0 radical (unpaired) electrons. The molecule has 1 heterocycles. The van der Waals surface area contributed by atoms with Gasteiger partial charge >= 0.3 is 0 Å². The molecule has 0 atom stereocenters. The van der Waals surface area contributed by atoms with E-state index in [0.29, 0.717) is 5.39 Å². The molecule has 0 fully saturated rings. The van der Waals surface area contributed by atoms with Gasteiger partial charge in [0.25, 0.3) is 0 Å². The maximum absolute atomic E-state index is 13.2. The summed E-state index contributed by atoms with van der Waals surface area (Å²) in [7, 11) is 0. The summed E-state index contributed by atoms with van der Waals surface area (Å²) in [6.45, 7) is 16.4. The van der Waals surface area contributed by atoms with Crippen LogP contribution in [0.25, 0.3) is 17.0 Å². The van der Waals surface area contributed by atoms with Gasteiger partial charge in [-0.25, -0.2) is 0 Å². The van der Waals surface area contributed by atoms with E-state index in [9.17, 15) is 9.59 Å². The quantitative estimate of drug-likeness (QED) is 0.645. The molecule has 0 amide bonds. The minimum atomic E-state index is -0.261. The Balaban J connectivity index is 2.35. The maximum Gasteiger partial charge on any atom is 0.189 e. The molecule has 0 aliphatic heterocycles.